The Morgan fingerprint density at radius 2 is 2.15 bits per heavy atom. The number of anilines is 1. The highest BCUT2D eigenvalue weighted by molar-refractivity contribution is 5.56. The number of aromatic hydroxyl groups is 1. The summed E-state index contributed by atoms with van der Waals surface area (Å²) in [6.07, 6.45) is 0.667. The molecule has 0 radical (unpaired) electrons. The Morgan fingerprint density at radius 1 is 1.38 bits per heavy atom. The van der Waals surface area contributed by atoms with E-state index in [0.717, 1.165) is 5.56 Å². The molecule has 0 fully saturated rings. The maximum Gasteiger partial charge on any atom is 0.138 e. The molecule has 0 bridgehead atoms. The molecule has 0 atom stereocenters. The lowest BCUT2D eigenvalue weighted by Gasteiger charge is -1.97. The molecule has 5 N–H and O–H groups in total. The molecule has 68 valence electrons. The van der Waals surface area contributed by atoms with E-state index < -0.39 is 0 Å². The maximum atomic E-state index is 9.12. The molecule has 1 rings (SSSR count). The van der Waals surface area contributed by atoms with Crippen molar-refractivity contribution >= 4 is 5.69 Å². The first-order valence-electron chi connectivity index (χ1n) is 4.01. The highest BCUT2D eigenvalue weighted by atomic mass is 16.3. The second kappa shape index (κ2) is 4.39. The molecule has 0 unspecified atom stereocenters. The van der Waals surface area contributed by atoms with E-state index in [2.05, 4.69) is 11.8 Å². The average Bonchev–Trinajstić information content (AvgIpc) is 2.12. The zero-order valence-corrected chi connectivity index (χ0v) is 7.25. The summed E-state index contributed by atoms with van der Waals surface area (Å²) in [6.45, 7) is 0.556. The smallest absolute Gasteiger partial charge is 0.138 e. The summed E-state index contributed by atoms with van der Waals surface area (Å²) < 4.78 is 0. The zero-order chi connectivity index (χ0) is 9.68. The molecule has 0 aliphatic carbocycles. The molecule has 3 nitrogen and oxygen atoms in total. The van der Waals surface area contributed by atoms with Crippen LogP contribution in [0.25, 0.3) is 0 Å². The predicted molar refractivity (Wildman–Crippen MR) is 53.1 cm³/mol. The third-order valence-electron chi connectivity index (χ3n) is 1.53. The van der Waals surface area contributed by atoms with Crippen LogP contribution >= 0.6 is 0 Å². The van der Waals surface area contributed by atoms with Gasteiger partial charge >= 0.3 is 0 Å². The number of phenolic OH excluding ortho intramolecular Hbond substituents is 1. The summed E-state index contributed by atoms with van der Waals surface area (Å²) in [5, 5.41) is 9.12. The van der Waals surface area contributed by atoms with Gasteiger partial charge in [-0.05, 0) is 18.2 Å². The normalized spacial score (nSPS) is 9.00. The largest absolute Gasteiger partial charge is 0.506 e. The minimum atomic E-state index is 0.0874. The van der Waals surface area contributed by atoms with Crippen molar-refractivity contribution < 1.29 is 5.11 Å². The number of phenols is 1. The first kappa shape index (κ1) is 9.43. The lowest BCUT2D eigenvalue weighted by molar-refractivity contribution is 0.478. The van der Waals surface area contributed by atoms with Gasteiger partial charge in [0, 0.05) is 18.5 Å². The van der Waals surface area contributed by atoms with Crippen LogP contribution in [0.2, 0.25) is 0 Å². The van der Waals surface area contributed by atoms with E-state index in [0.29, 0.717) is 18.7 Å². The summed E-state index contributed by atoms with van der Waals surface area (Å²) >= 11 is 0. The summed E-state index contributed by atoms with van der Waals surface area (Å²) in [4.78, 5) is 0. The first-order chi connectivity index (χ1) is 6.24. The van der Waals surface area contributed by atoms with E-state index in [1.807, 2.05) is 0 Å². The lowest BCUT2D eigenvalue weighted by atomic mass is 10.2. The van der Waals surface area contributed by atoms with Gasteiger partial charge in [-0.15, -0.1) is 0 Å². The molecule has 0 heterocycles. The fourth-order valence-electron chi connectivity index (χ4n) is 0.869. The van der Waals surface area contributed by atoms with Crippen molar-refractivity contribution in [1.82, 2.24) is 0 Å². The fraction of sp³-hybridized carbons (Fsp3) is 0.200. The van der Waals surface area contributed by atoms with Gasteiger partial charge in [0.05, 0.1) is 5.69 Å². The van der Waals surface area contributed by atoms with Gasteiger partial charge in [-0.2, -0.15) is 0 Å². The predicted octanol–water partition coefficient (Wildman–Crippen LogP) is 0.675. The molecule has 0 saturated carbocycles. The SMILES string of the molecule is NCCC#Cc1ccc(O)c(N)c1. The van der Waals surface area contributed by atoms with Crippen molar-refractivity contribution in [2.75, 3.05) is 12.3 Å². The van der Waals surface area contributed by atoms with Crippen LogP contribution < -0.4 is 11.5 Å². The van der Waals surface area contributed by atoms with E-state index in [4.69, 9.17) is 16.6 Å². The molecule has 0 aliphatic heterocycles. The molecule has 0 saturated heterocycles. The van der Waals surface area contributed by atoms with E-state index in [9.17, 15) is 0 Å². The van der Waals surface area contributed by atoms with Crippen molar-refractivity contribution in [2.45, 2.75) is 6.42 Å². The fourth-order valence-corrected chi connectivity index (χ4v) is 0.869. The average molecular weight is 176 g/mol. The van der Waals surface area contributed by atoms with Gasteiger partial charge in [-0.1, -0.05) is 11.8 Å². The quantitative estimate of drug-likeness (QED) is 0.334. The molecule has 0 aromatic heterocycles. The van der Waals surface area contributed by atoms with Crippen LogP contribution in [0.4, 0.5) is 5.69 Å². The Morgan fingerprint density at radius 3 is 2.77 bits per heavy atom. The van der Waals surface area contributed by atoms with Crippen molar-refractivity contribution in [1.29, 1.82) is 0 Å². The van der Waals surface area contributed by atoms with Crippen LogP contribution in [0.5, 0.6) is 5.75 Å². The number of rotatable bonds is 1. The van der Waals surface area contributed by atoms with E-state index in [1.54, 1.807) is 12.1 Å². The van der Waals surface area contributed by atoms with Crippen LogP contribution in [0, 0.1) is 11.8 Å². The van der Waals surface area contributed by atoms with Crippen molar-refractivity contribution in [2.24, 2.45) is 5.73 Å². The highest BCUT2D eigenvalue weighted by Crippen LogP contribution is 2.19. The summed E-state index contributed by atoms with van der Waals surface area (Å²) in [5.74, 6) is 5.87. The van der Waals surface area contributed by atoms with E-state index in [1.165, 1.54) is 6.07 Å². The number of benzene rings is 1. The standard InChI is InChI=1S/C10H12N2O/c11-6-2-1-3-8-4-5-10(13)9(12)7-8/h4-5,7,13H,2,6,11-12H2. The molecule has 13 heavy (non-hydrogen) atoms. The first-order valence-corrected chi connectivity index (χ1v) is 4.01. The summed E-state index contributed by atoms with van der Waals surface area (Å²) in [5.41, 5.74) is 11.9. The molecule has 1 aromatic carbocycles. The Labute approximate surface area is 77.4 Å². The maximum absolute atomic E-state index is 9.12. The number of hydrogen-bond donors (Lipinski definition) is 3. The van der Waals surface area contributed by atoms with Crippen molar-refractivity contribution in [3.8, 4) is 17.6 Å². The van der Waals surface area contributed by atoms with Crippen LogP contribution in [0.1, 0.15) is 12.0 Å². The third-order valence-corrected chi connectivity index (χ3v) is 1.53. The Balaban J connectivity index is 2.81. The number of nitrogens with two attached hydrogens (primary N) is 2. The summed E-state index contributed by atoms with van der Waals surface area (Å²) in [6, 6.07) is 4.88. The second-order valence-electron chi connectivity index (χ2n) is 2.61. The molecule has 0 amide bonds. The summed E-state index contributed by atoms with van der Waals surface area (Å²) in [7, 11) is 0. The molecular formula is C10H12N2O. The number of nitrogen functional groups attached to an aromatic ring is 1. The molecule has 3 heteroatoms. The van der Waals surface area contributed by atoms with E-state index >= 15 is 0 Å². The minimum absolute atomic E-state index is 0.0874. The second-order valence-corrected chi connectivity index (χ2v) is 2.61. The van der Waals surface area contributed by atoms with Crippen molar-refractivity contribution in [3.63, 3.8) is 0 Å². The number of hydrogen-bond acceptors (Lipinski definition) is 3. The van der Waals surface area contributed by atoms with Crippen LogP contribution in [0.15, 0.2) is 18.2 Å². The van der Waals surface area contributed by atoms with Gasteiger partial charge < -0.3 is 16.6 Å². The van der Waals surface area contributed by atoms with Gasteiger partial charge in [-0.25, -0.2) is 0 Å². The topological polar surface area (TPSA) is 72.3 Å². The van der Waals surface area contributed by atoms with Gasteiger partial charge in [0.15, 0.2) is 0 Å². The Kier molecular flexibility index (Phi) is 3.18. The van der Waals surface area contributed by atoms with Crippen LogP contribution in [0.3, 0.4) is 0 Å². The molecular weight excluding hydrogens is 164 g/mol. The van der Waals surface area contributed by atoms with E-state index in [-0.39, 0.29) is 5.75 Å². The van der Waals surface area contributed by atoms with Gasteiger partial charge in [0.2, 0.25) is 0 Å². The Hall–Kier alpha value is -1.66. The van der Waals surface area contributed by atoms with Crippen LogP contribution in [-0.4, -0.2) is 11.7 Å². The Bertz CT molecular complexity index is 350. The lowest BCUT2D eigenvalue weighted by Crippen LogP contribution is -1.95. The monoisotopic (exact) mass is 176 g/mol. The molecule has 0 spiro atoms. The van der Waals surface area contributed by atoms with Gasteiger partial charge in [0.1, 0.15) is 5.75 Å². The zero-order valence-electron chi connectivity index (χ0n) is 7.25. The van der Waals surface area contributed by atoms with Crippen LogP contribution in [-0.2, 0) is 0 Å². The van der Waals surface area contributed by atoms with Gasteiger partial charge in [0.25, 0.3) is 0 Å². The van der Waals surface area contributed by atoms with Gasteiger partial charge in [-0.3, -0.25) is 0 Å². The minimum Gasteiger partial charge on any atom is -0.506 e. The molecule has 0 aliphatic rings. The van der Waals surface area contributed by atoms with Crippen molar-refractivity contribution in [3.05, 3.63) is 23.8 Å². The molecule has 1 aromatic rings. The third kappa shape index (κ3) is 2.69. The highest BCUT2D eigenvalue weighted by Gasteiger charge is 1.95.